The topological polar surface area (TPSA) is 39.1 Å². The van der Waals surface area contributed by atoms with Gasteiger partial charge < -0.3 is 10.1 Å². The Hall–Kier alpha value is -0.870. The lowest BCUT2D eigenvalue weighted by Crippen LogP contribution is -2.30. The van der Waals surface area contributed by atoms with Gasteiger partial charge >= 0.3 is 0 Å². The van der Waals surface area contributed by atoms with E-state index >= 15 is 0 Å². The number of ether oxygens (including phenoxy) is 1. The number of methoxy groups -OCH3 is 1. The van der Waals surface area contributed by atoms with E-state index in [9.17, 15) is 0 Å². The van der Waals surface area contributed by atoms with Crippen LogP contribution in [0.25, 0.3) is 0 Å². The summed E-state index contributed by atoms with van der Waals surface area (Å²) in [5.74, 6) is 0. The lowest BCUT2D eigenvalue weighted by atomic mass is 10.1. The van der Waals surface area contributed by atoms with Crippen LogP contribution in [-0.4, -0.2) is 36.6 Å². The molecule has 1 N–H and O–H groups in total. The molecule has 0 bridgehead atoms. The lowest BCUT2D eigenvalue weighted by Gasteiger charge is -2.14. The second-order valence-electron chi connectivity index (χ2n) is 3.88. The van der Waals surface area contributed by atoms with E-state index in [1.54, 1.807) is 7.11 Å². The highest BCUT2D eigenvalue weighted by Crippen LogP contribution is 2.06. The second kappa shape index (κ2) is 5.88. The lowest BCUT2D eigenvalue weighted by molar-refractivity contribution is 0.166. The van der Waals surface area contributed by atoms with Crippen molar-refractivity contribution in [2.75, 3.05) is 20.8 Å². The quantitative estimate of drug-likeness (QED) is 0.759. The van der Waals surface area contributed by atoms with Crippen LogP contribution in [-0.2, 0) is 18.2 Å². The van der Waals surface area contributed by atoms with Crippen LogP contribution >= 0.6 is 0 Å². The Morgan fingerprint density at radius 2 is 2.33 bits per heavy atom. The predicted molar refractivity (Wildman–Crippen MR) is 61.0 cm³/mol. The highest BCUT2D eigenvalue weighted by Gasteiger charge is 2.08. The number of nitrogens with zero attached hydrogens (tertiary/aromatic N) is 2. The van der Waals surface area contributed by atoms with Crippen LogP contribution in [0.3, 0.4) is 0 Å². The Kier molecular flexibility index (Phi) is 4.78. The number of likely N-dealkylation sites (N-methyl/N-ethyl adjacent to an activating group) is 1. The molecule has 1 aromatic rings. The van der Waals surface area contributed by atoms with Gasteiger partial charge in [0.25, 0.3) is 0 Å². The number of rotatable bonds is 6. The van der Waals surface area contributed by atoms with Gasteiger partial charge in [-0.2, -0.15) is 5.10 Å². The van der Waals surface area contributed by atoms with Crippen molar-refractivity contribution in [3.05, 3.63) is 17.5 Å². The molecule has 4 nitrogen and oxygen atoms in total. The van der Waals surface area contributed by atoms with Crippen LogP contribution in [0.2, 0.25) is 0 Å². The van der Waals surface area contributed by atoms with Gasteiger partial charge in [-0.1, -0.05) is 0 Å². The van der Waals surface area contributed by atoms with E-state index in [0.29, 0.717) is 6.04 Å². The molecule has 15 heavy (non-hydrogen) atoms. The average molecular weight is 211 g/mol. The molecule has 0 aromatic carbocycles. The molecular formula is C11H21N3O. The van der Waals surface area contributed by atoms with Gasteiger partial charge in [0.2, 0.25) is 0 Å². The smallest absolute Gasteiger partial charge is 0.0615 e. The summed E-state index contributed by atoms with van der Waals surface area (Å²) in [6, 6.07) is 2.56. The summed E-state index contributed by atoms with van der Waals surface area (Å²) in [6.45, 7) is 2.78. The minimum absolute atomic E-state index is 0.421. The molecular weight excluding hydrogens is 190 g/mol. The first-order chi connectivity index (χ1) is 7.17. The molecule has 0 aliphatic heterocycles. The summed E-state index contributed by atoms with van der Waals surface area (Å²) in [5.41, 5.74) is 2.36. The van der Waals surface area contributed by atoms with Gasteiger partial charge in [0.15, 0.2) is 0 Å². The summed E-state index contributed by atoms with van der Waals surface area (Å²) < 4.78 is 7.09. The molecule has 0 saturated heterocycles. The van der Waals surface area contributed by atoms with E-state index < -0.39 is 0 Å². The van der Waals surface area contributed by atoms with Crippen LogP contribution in [0, 0.1) is 6.92 Å². The summed E-state index contributed by atoms with van der Waals surface area (Å²) in [6.07, 6.45) is 2.11. The summed E-state index contributed by atoms with van der Waals surface area (Å²) in [7, 11) is 5.70. The van der Waals surface area contributed by atoms with Crippen LogP contribution in [0.15, 0.2) is 6.07 Å². The van der Waals surface area contributed by atoms with Crippen molar-refractivity contribution in [2.45, 2.75) is 25.8 Å². The molecule has 1 unspecified atom stereocenters. The first-order valence-corrected chi connectivity index (χ1v) is 5.33. The van der Waals surface area contributed by atoms with Crippen molar-refractivity contribution in [3.63, 3.8) is 0 Å². The first kappa shape index (κ1) is 12.2. The van der Waals surface area contributed by atoms with Gasteiger partial charge in [-0.15, -0.1) is 0 Å². The number of aromatic nitrogens is 2. The molecule has 0 radical (unpaired) electrons. The Morgan fingerprint density at radius 3 is 2.80 bits per heavy atom. The Bertz CT molecular complexity index is 296. The fourth-order valence-corrected chi connectivity index (χ4v) is 1.73. The largest absolute Gasteiger partial charge is 0.383 e. The van der Waals surface area contributed by atoms with Gasteiger partial charge in [-0.05, 0) is 32.9 Å². The maximum Gasteiger partial charge on any atom is 0.0615 e. The molecule has 1 aromatic heterocycles. The number of hydrogen-bond acceptors (Lipinski definition) is 3. The fourth-order valence-electron chi connectivity index (χ4n) is 1.73. The number of nitrogens with one attached hydrogen (secondary N) is 1. The predicted octanol–water partition coefficient (Wildman–Crippen LogP) is 0.896. The maximum absolute atomic E-state index is 5.13. The number of aryl methyl sites for hydroxylation is 3. The molecule has 0 fully saturated rings. The molecule has 0 saturated carbocycles. The fraction of sp³-hybridized carbons (Fsp3) is 0.727. The summed E-state index contributed by atoms with van der Waals surface area (Å²) in [4.78, 5) is 0. The molecule has 4 heteroatoms. The summed E-state index contributed by atoms with van der Waals surface area (Å²) >= 11 is 0. The molecule has 1 heterocycles. The number of hydrogen-bond donors (Lipinski definition) is 1. The van der Waals surface area contributed by atoms with Crippen LogP contribution in [0.4, 0.5) is 0 Å². The molecule has 0 spiro atoms. The highest BCUT2D eigenvalue weighted by molar-refractivity contribution is 5.08. The van der Waals surface area contributed by atoms with E-state index in [-0.39, 0.29) is 0 Å². The van der Waals surface area contributed by atoms with Crippen LogP contribution in [0.1, 0.15) is 17.8 Å². The average Bonchev–Trinajstić information content (AvgIpc) is 2.52. The van der Waals surface area contributed by atoms with Crippen molar-refractivity contribution < 1.29 is 4.74 Å². The molecule has 0 aliphatic carbocycles. The van der Waals surface area contributed by atoms with Gasteiger partial charge in [-0.25, -0.2) is 0 Å². The molecule has 0 aliphatic rings. The first-order valence-electron chi connectivity index (χ1n) is 5.33. The monoisotopic (exact) mass is 211 g/mol. The van der Waals surface area contributed by atoms with Crippen molar-refractivity contribution in [1.82, 2.24) is 15.1 Å². The Labute approximate surface area is 91.6 Å². The van der Waals surface area contributed by atoms with Crippen molar-refractivity contribution in [1.29, 1.82) is 0 Å². The van der Waals surface area contributed by atoms with Gasteiger partial charge in [0, 0.05) is 25.9 Å². The maximum atomic E-state index is 5.13. The van der Waals surface area contributed by atoms with Crippen molar-refractivity contribution in [2.24, 2.45) is 7.05 Å². The SMILES string of the molecule is CNC(CCc1cc(C)nn1C)COC. The molecule has 1 atom stereocenters. The second-order valence-corrected chi connectivity index (χ2v) is 3.88. The Morgan fingerprint density at radius 1 is 1.60 bits per heavy atom. The highest BCUT2D eigenvalue weighted by atomic mass is 16.5. The third-order valence-corrected chi connectivity index (χ3v) is 2.62. The van der Waals surface area contributed by atoms with E-state index in [0.717, 1.165) is 25.1 Å². The van der Waals surface area contributed by atoms with Crippen LogP contribution in [0.5, 0.6) is 0 Å². The zero-order chi connectivity index (χ0) is 11.3. The van der Waals surface area contributed by atoms with E-state index in [2.05, 4.69) is 16.5 Å². The zero-order valence-corrected chi connectivity index (χ0v) is 10.1. The summed E-state index contributed by atoms with van der Waals surface area (Å²) in [5, 5.41) is 7.57. The third kappa shape index (κ3) is 3.64. The molecule has 1 rings (SSSR count). The van der Waals surface area contributed by atoms with E-state index in [1.807, 2.05) is 25.7 Å². The normalized spacial score (nSPS) is 13.1. The standard InChI is InChI=1S/C11H21N3O/c1-9-7-11(14(3)13-9)6-5-10(12-2)8-15-4/h7,10,12H,5-6,8H2,1-4H3. The minimum Gasteiger partial charge on any atom is -0.383 e. The van der Waals surface area contributed by atoms with Gasteiger partial charge in [-0.3, -0.25) is 4.68 Å². The van der Waals surface area contributed by atoms with Crippen molar-refractivity contribution >= 4 is 0 Å². The third-order valence-electron chi connectivity index (χ3n) is 2.62. The molecule has 0 amide bonds. The van der Waals surface area contributed by atoms with E-state index in [1.165, 1.54) is 5.69 Å². The van der Waals surface area contributed by atoms with Gasteiger partial charge in [0.05, 0.1) is 12.3 Å². The van der Waals surface area contributed by atoms with Gasteiger partial charge in [0.1, 0.15) is 0 Å². The minimum atomic E-state index is 0.421. The van der Waals surface area contributed by atoms with Crippen molar-refractivity contribution in [3.8, 4) is 0 Å². The van der Waals surface area contributed by atoms with Crippen LogP contribution < -0.4 is 5.32 Å². The zero-order valence-electron chi connectivity index (χ0n) is 10.1. The molecule has 86 valence electrons. The van der Waals surface area contributed by atoms with E-state index in [4.69, 9.17) is 4.74 Å². The Balaban J connectivity index is 2.44.